The molecule has 3 fully saturated rings. The number of fused-ring (bicyclic) bond motifs is 3. The number of nitrogens with zero attached hydrogens (tertiary/aromatic N) is 6. The molecule has 7 rings (SSSR count). The fraction of sp³-hybridized carbons (Fsp3) is 0.500. The summed E-state index contributed by atoms with van der Waals surface area (Å²) in [6.45, 7) is 2.13. The number of halogens is 6. The third kappa shape index (κ3) is 4.27. The number of benzene rings is 1. The van der Waals surface area contributed by atoms with Gasteiger partial charge in [0.05, 0.1) is 25.4 Å². The third-order valence-corrected chi connectivity index (χ3v) is 8.45. The Labute approximate surface area is 225 Å². The van der Waals surface area contributed by atoms with Crippen LogP contribution < -0.4 is 4.90 Å². The lowest BCUT2D eigenvalue weighted by atomic mass is 9.57. The maximum absolute atomic E-state index is 14.9. The van der Waals surface area contributed by atoms with Crippen molar-refractivity contribution in [1.29, 1.82) is 0 Å². The van der Waals surface area contributed by atoms with Crippen LogP contribution in [0.3, 0.4) is 0 Å². The molecular formula is C26H24ClF5N6O. The minimum atomic E-state index is -4.63. The lowest BCUT2D eigenvalue weighted by molar-refractivity contribution is -0.142. The molecule has 4 aliphatic rings. The van der Waals surface area contributed by atoms with Crippen LogP contribution in [0.4, 0.5) is 27.8 Å². The van der Waals surface area contributed by atoms with Crippen molar-refractivity contribution in [2.24, 2.45) is 5.41 Å². The summed E-state index contributed by atoms with van der Waals surface area (Å²) < 4.78 is 75.6. The number of hydrogen-bond acceptors (Lipinski definition) is 6. The quantitative estimate of drug-likeness (QED) is 0.418. The van der Waals surface area contributed by atoms with Gasteiger partial charge in [-0.05, 0) is 48.7 Å². The van der Waals surface area contributed by atoms with E-state index in [2.05, 4.69) is 15.2 Å². The molecule has 0 radical (unpaired) electrons. The van der Waals surface area contributed by atoms with Gasteiger partial charge in [-0.25, -0.2) is 13.8 Å². The van der Waals surface area contributed by atoms with E-state index in [4.69, 9.17) is 16.3 Å². The summed E-state index contributed by atoms with van der Waals surface area (Å²) in [6.07, 6.45) is -3.13. The average molecular weight is 567 g/mol. The smallest absolute Gasteiger partial charge is 0.375 e. The van der Waals surface area contributed by atoms with Gasteiger partial charge in [-0.1, -0.05) is 11.6 Å². The Kier molecular flexibility index (Phi) is 5.54. The molecule has 13 heteroatoms. The molecule has 0 atom stereocenters. The number of rotatable bonds is 4. The number of anilines is 1. The van der Waals surface area contributed by atoms with Crippen molar-refractivity contribution in [3.63, 3.8) is 0 Å². The molecule has 1 aromatic carbocycles. The van der Waals surface area contributed by atoms with E-state index in [1.54, 1.807) is 4.90 Å². The number of hydrogen-bond donors (Lipinski definition) is 0. The van der Waals surface area contributed by atoms with Crippen LogP contribution in [0.25, 0.3) is 5.69 Å². The Bertz CT molecular complexity index is 1440. The van der Waals surface area contributed by atoms with E-state index in [9.17, 15) is 22.0 Å². The first-order valence-electron chi connectivity index (χ1n) is 12.7. The Hall–Kier alpha value is -2.83. The summed E-state index contributed by atoms with van der Waals surface area (Å²) in [5.74, 6) is 0.560. The van der Waals surface area contributed by atoms with Gasteiger partial charge in [0.2, 0.25) is 0 Å². The van der Waals surface area contributed by atoms with Crippen molar-refractivity contribution in [3.8, 4) is 5.69 Å². The maximum Gasteiger partial charge on any atom is 0.433 e. The largest absolute Gasteiger partial charge is 0.433 e. The lowest BCUT2D eigenvalue weighted by Crippen LogP contribution is -2.62. The highest BCUT2D eigenvalue weighted by Crippen LogP contribution is 2.57. The van der Waals surface area contributed by atoms with Crippen molar-refractivity contribution < 1.29 is 26.7 Å². The molecule has 2 saturated heterocycles. The van der Waals surface area contributed by atoms with Crippen molar-refractivity contribution in [2.45, 2.75) is 43.7 Å². The molecule has 1 aliphatic carbocycles. The Morgan fingerprint density at radius 3 is 2.51 bits per heavy atom. The molecule has 3 aromatic rings. The highest BCUT2D eigenvalue weighted by atomic mass is 35.5. The van der Waals surface area contributed by atoms with Crippen molar-refractivity contribution >= 4 is 17.4 Å². The summed E-state index contributed by atoms with van der Waals surface area (Å²) in [7, 11) is 0. The van der Waals surface area contributed by atoms with Crippen LogP contribution >= 0.6 is 11.6 Å². The summed E-state index contributed by atoms with van der Waals surface area (Å²) in [5.41, 5.74) is -0.777. The maximum atomic E-state index is 14.9. The molecule has 1 saturated carbocycles. The van der Waals surface area contributed by atoms with Crippen molar-refractivity contribution in [1.82, 2.24) is 24.6 Å². The second-order valence-electron chi connectivity index (χ2n) is 11.3. The first-order valence-corrected chi connectivity index (χ1v) is 13.1. The molecule has 0 N–H and O–H groups in total. The summed E-state index contributed by atoms with van der Waals surface area (Å²) in [4.78, 5) is 7.12. The van der Waals surface area contributed by atoms with Crippen LogP contribution in [0.2, 0.25) is 5.02 Å². The minimum absolute atomic E-state index is 0.0743. The highest BCUT2D eigenvalue weighted by molar-refractivity contribution is 6.30. The second kappa shape index (κ2) is 8.58. The number of aromatic nitrogens is 4. The molecule has 1 spiro atoms. The lowest BCUT2D eigenvalue weighted by Gasteiger charge is -2.59. The predicted octanol–water partition coefficient (Wildman–Crippen LogP) is 4.91. The monoisotopic (exact) mass is 566 g/mol. The molecule has 0 bridgehead atoms. The van der Waals surface area contributed by atoms with Gasteiger partial charge in [0.15, 0.2) is 23.1 Å². The fourth-order valence-electron chi connectivity index (χ4n) is 6.43. The van der Waals surface area contributed by atoms with Gasteiger partial charge in [-0.15, -0.1) is 10.2 Å². The zero-order chi connectivity index (χ0) is 27.2. The Morgan fingerprint density at radius 2 is 1.82 bits per heavy atom. The normalized spacial score (nSPS) is 21.9. The second-order valence-corrected chi connectivity index (χ2v) is 11.8. The molecule has 39 heavy (non-hydrogen) atoms. The SMILES string of the molecule is Fc1ccc(C(F)(F)F)nc1N1CC2(CC(c3nnc4n3-c3ccc(Cl)cc3CN(CC3(F)COC3)C4)C2)C1. The van der Waals surface area contributed by atoms with Crippen LogP contribution in [0.15, 0.2) is 30.3 Å². The van der Waals surface area contributed by atoms with Crippen molar-refractivity contribution in [2.75, 3.05) is 37.7 Å². The van der Waals surface area contributed by atoms with E-state index >= 15 is 0 Å². The van der Waals surface area contributed by atoms with Gasteiger partial charge in [-0.3, -0.25) is 9.47 Å². The molecule has 5 heterocycles. The predicted molar refractivity (Wildman–Crippen MR) is 131 cm³/mol. The van der Waals surface area contributed by atoms with Gasteiger partial charge < -0.3 is 9.64 Å². The zero-order valence-corrected chi connectivity index (χ0v) is 21.4. The van der Waals surface area contributed by atoms with E-state index in [0.29, 0.717) is 43.1 Å². The topological polar surface area (TPSA) is 59.3 Å². The molecule has 2 aromatic heterocycles. The molecule has 0 unspecified atom stereocenters. The van der Waals surface area contributed by atoms with Gasteiger partial charge in [0, 0.05) is 42.5 Å². The van der Waals surface area contributed by atoms with Crippen molar-refractivity contribution in [3.05, 3.63) is 64.1 Å². The fourth-order valence-corrected chi connectivity index (χ4v) is 6.63. The Balaban J connectivity index is 1.11. The summed E-state index contributed by atoms with van der Waals surface area (Å²) in [6, 6.07) is 7.10. The standard InChI is InChI=1S/C26H24ClF5N6O/c27-17-1-3-19-15(5-17)8-36(12-25(29)13-39-14-25)9-21-34-35-22(38(19)21)16-6-24(7-16)10-37(11-24)23-18(28)2-4-20(33-23)26(30,31)32/h1-5,16H,6-14H2. The van der Waals surface area contributed by atoms with Crippen LogP contribution in [0.1, 0.15) is 41.7 Å². The van der Waals surface area contributed by atoms with E-state index in [0.717, 1.165) is 36.0 Å². The van der Waals surface area contributed by atoms with E-state index in [-0.39, 0.29) is 36.9 Å². The van der Waals surface area contributed by atoms with Gasteiger partial charge in [-0.2, -0.15) is 13.2 Å². The summed E-state index contributed by atoms with van der Waals surface area (Å²) >= 11 is 6.31. The molecule has 3 aliphatic heterocycles. The van der Waals surface area contributed by atoms with E-state index in [1.807, 2.05) is 27.7 Å². The first kappa shape index (κ1) is 25.2. The Morgan fingerprint density at radius 1 is 1.05 bits per heavy atom. The molecule has 0 amide bonds. The van der Waals surface area contributed by atoms with Crippen LogP contribution in [-0.2, 0) is 24.0 Å². The van der Waals surface area contributed by atoms with E-state index in [1.165, 1.54) is 0 Å². The van der Waals surface area contributed by atoms with Gasteiger partial charge >= 0.3 is 6.18 Å². The van der Waals surface area contributed by atoms with Gasteiger partial charge in [0.1, 0.15) is 11.5 Å². The van der Waals surface area contributed by atoms with Gasteiger partial charge in [0.25, 0.3) is 0 Å². The van der Waals surface area contributed by atoms with E-state index < -0.39 is 23.4 Å². The molecular weight excluding hydrogens is 543 g/mol. The first-order chi connectivity index (χ1) is 18.5. The van der Waals surface area contributed by atoms with Crippen LogP contribution in [0.5, 0.6) is 0 Å². The molecule has 7 nitrogen and oxygen atoms in total. The van der Waals surface area contributed by atoms with Crippen LogP contribution in [0, 0.1) is 11.2 Å². The van der Waals surface area contributed by atoms with Crippen LogP contribution in [-0.4, -0.2) is 63.2 Å². The highest BCUT2D eigenvalue weighted by Gasteiger charge is 2.55. The molecule has 206 valence electrons. The average Bonchev–Trinajstić information content (AvgIpc) is 3.12. The number of ether oxygens (including phenoxy) is 1. The number of pyridine rings is 1. The third-order valence-electron chi connectivity index (χ3n) is 8.22. The minimum Gasteiger partial charge on any atom is -0.375 e. The number of alkyl halides is 4. The zero-order valence-electron chi connectivity index (χ0n) is 20.7. The summed E-state index contributed by atoms with van der Waals surface area (Å²) in [5, 5.41) is 9.58.